The Bertz CT molecular complexity index is 861. The van der Waals surface area contributed by atoms with Crippen molar-refractivity contribution < 1.29 is 35.9 Å². The van der Waals surface area contributed by atoms with Gasteiger partial charge in [0.25, 0.3) is 0 Å². The van der Waals surface area contributed by atoms with Gasteiger partial charge < -0.3 is 4.74 Å². The van der Waals surface area contributed by atoms with Gasteiger partial charge in [0.15, 0.2) is 23.3 Å². The Labute approximate surface area is 153 Å². The van der Waals surface area contributed by atoms with Gasteiger partial charge in [0.2, 0.25) is 5.82 Å². The molecule has 0 fully saturated rings. The van der Waals surface area contributed by atoms with Gasteiger partial charge in [-0.05, 0) is 19.1 Å². The third-order valence-electron chi connectivity index (χ3n) is 3.34. The van der Waals surface area contributed by atoms with E-state index in [0.717, 1.165) is 24.9 Å². The number of thioether (sulfide) groups is 1. The Balaban J connectivity index is 2.66. The van der Waals surface area contributed by atoms with E-state index < -0.39 is 57.2 Å². The maximum Gasteiger partial charge on any atom is 0.318 e. The third kappa shape index (κ3) is 3.64. The Morgan fingerprint density at radius 1 is 1.00 bits per heavy atom. The van der Waals surface area contributed by atoms with Gasteiger partial charge in [0, 0.05) is 10.5 Å². The number of esters is 1. The predicted molar refractivity (Wildman–Crippen MR) is 84.0 cm³/mol. The SMILES string of the molecule is COC(=O)[C@@H](C)Sc1cc(-c2c(F)c(F)c(F)c(F)c2F)c(F)cc1Cl. The smallest absolute Gasteiger partial charge is 0.318 e. The molecule has 0 spiro atoms. The largest absolute Gasteiger partial charge is 0.468 e. The van der Waals surface area contributed by atoms with Gasteiger partial charge in [0.05, 0.1) is 17.7 Å². The molecule has 0 N–H and O–H groups in total. The van der Waals surface area contributed by atoms with E-state index in [1.165, 1.54) is 6.92 Å². The summed E-state index contributed by atoms with van der Waals surface area (Å²) in [5.74, 6) is -13.1. The number of carbonyl (C=O) groups excluding carboxylic acids is 1. The molecule has 0 saturated heterocycles. The summed E-state index contributed by atoms with van der Waals surface area (Å²) in [5.41, 5.74) is -2.31. The highest BCUT2D eigenvalue weighted by atomic mass is 35.5. The summed E-state index contributed by atoms with van der Waals surface area (Å²) in [7, 11) is 1.13. The fourth-order valence-corrected chi connectivity index (χ4v) is 3.27. The molecule has 0 bridgehead atoms. The van der Waals surface area contributed by atoms with Crippen LogP contribution in [0.15, 0.2) is 17.0 Å². The van der Waals surface area contributed by atoms with E-state index in [0.29, 0.717) is 6.07 Å². The first-order valence-corrected chi connectivity index (χ1v) is 8.11. The van der Waals surface area contributed by atoms with Crippen LogP contribution in [0.5, 0.6) is 0 Å². The number of carbonyl (C=O) groups is 1. The lowest BCUT2D eigenvalue weighted by molar-refractivity contribution is -0.139. The summed E-state index contributed by atoms with van der Waals surface area (Å²) in [6.45, 7) is 1.42. The summed E-state index contributed by atoms with van der Waals surface area (Å²) in [4.78, 5) is 11.5. The summed E-state index contributed by atoms with van der Waals surface area (Å²) in [6.07, 6.45) is 0. The van der Waals surface area contributed by atoms with Crippen LogP contribution in [0.2, 0.25) is 5.02 Å². The highest BCUT2D eigenvalue weighted by Gasteiger charge is 2.29. The molecule has 2 aromatic rings. The number of methoxy groups -OCH3 is 1. The average Bonchev–Trinajstić information content (AvgIpc) is 2.61. The van der Waals surface area contributed by atoms with E-state index in [1.54, 1.807) is 0 Å². The van der Waals surface area contributed by atoms with Crippen LogP contribution in [0.3, 0.4) is 0 Å². The Morgan fingerprint density at radius 2 is 1.50 bits per heavy atom. The molecule has 2 nitrogen and oxygen atoms in total. The van der Waals surface area contributed by atoms with Crippen molar-refractivity contribution in [2.45, 2.75) is 17.1 Å². The van der Waals surface area contributed by atoms with Crippen molar-refractivity contribution in [3.8, 4) is 11.1 Å². The van der Waals surface area contributed by atoms with Crippen LogP contribution in [-0.4, -0.2) is 18.3 Å². The number of halogens is 7. The van der Waals surface area contributed by atoms with Crippen LogP contribution in [0, 0.1) is 34.9 Å². The minimum Gasteiger partial charge on any atom is -0.468 e. The molecule has 0 amide bonds. The molecule has 0 aliphatic carbocycles. The fourth-order valence-electron chi connectivity index (χ4n) is 2.06. The number of hydrogen-bond donors (Lipinski definition) is 0. The van der Waals surface area contributed by atoms with Crippen molar-refractivity contribution in [3.63, 3.8) is 0 Å². The van der Waals surface area contributed by atoms with Gasteiger partial charge in [-0.3, -0.25) is 4.79 Å². The minimum absolute atomic E-state index is 0.00934. The van der Waals surface area contributed by atoms with E-state index in [9.17, 15) is 31.1 Å². The van der Waals surface area contributed by atoms with Crippen LogP contribution >= 0.6 is 23.4 Å². The van der Waals surface area contributed by atoms with Gasteiger partial charge in [-0.2, -0.15) is 0 Å². The number of hydrogen-bond acceptors (Lipinski definition) is 3. The highest BCUT2D eigenvalue weighted by molar-refractivity contribution is 8.00. The molecule has 0 aromatic heterocycles. The second kappa shape index (κ2) is 7.79. The molecule has 0 heterocycles. The van der Waals surface area contributed by atoms with Gasteiger partial charge >= 0.3 is 5.97 Å². The molecule has 10 heteroatoms. The van der Waals surface area contributed by atoms with Crippen molar-refractivity contribution in [2.75, 3.05) is 7.11 Å². The van der Waals surface area contributed by atoms with Crippen molar-refractivity contribution in [3.05, 3.63) is 52.1 Å². The molecule has 2 rings (SSSR count). The predicted octanol–water partition coefficient (Wildman–Crippen LogP) is 5.50. The van der Waals surface area contributed by atoms with Gasteiger partial charge in [-0.25, -0.2) is 26.3 Å². The molecule has 0 aliphatic heterocycles. The Morgan fingerprint density at radius 3 is 2.00 bits per heavy atom. The monoisotopic (exact) mass is 414 g/mol. The lowest BCUT2D eigenvalue weighted by Gasteiger charge is -2.14. The van der Waals surface area contributed by atoms with Gasteiger partial charge in [-0.1, -0.05) is 11.6 Å². The van der Waals surface area contributed by atoms with Crippen molar-refractivity contribution in [1.82, 2.24) is 0 Å². The van der Waals surface area contributed by atoms with Crippen LogP contribution in [0.1, 0.15) is 6.92 Å². The second-order valence-electron chi connectivity index (χ2n) is 4.99. The molecule has 1 atom stereocenters. The van der Waals surface area contributed by atoms with E-state index in [1.807, 2.05) is 0 Å². The maximum absolute atomic E-state index is 14.1. The lowest BCUT2D eigenvalue weighted by Crippen LogP contribution is -2.14. The van der Waals surface area contributed by atoms with Crippen LogP contribution in [0.4, 0.5) is 26.3 Å². The molecule has 0 saturated carbocycles. The second-order valence-corrected chi connectivity index (χ2v) is 6.78. The highest BCUT2D eigenvalue weighted by Crippen LogP contribution is 2.39. The van der Waals surface area contributed by atoms with Gasteiger partial charge in [0.1, 0.15) is 11.1 Å². The zero-order valence-electron chi connectivity index (χ0n) is 13.1. The summed E-state index contributed by atoms with van der Waals surface area (Å²) in [5, 5.41) is -1.04. The zero-order chi connectivity index (χ0) is 19.8. The third-order valence-corrected chi connectivity index (χ3v) is 4.90. The molecule has 140 valence electrons. The lowest BCUT2D eigenvalue weighted by atomic mass is 10.0. The fraction of sp³-hybridized carbons (Fsp3) is 0.188. The summed E-state index contributed by atoms with van der Waals surface area (Å²) >= 11 is 6.60. The molecular formula is C16H9ClF6O2S. The minimum atomic E-state index is -2.35. The van der Waals surface area contributed by atoms with Crippen molar-refractivity contribution >= 4 is 29.3 Å². The van der Waals surface area contributed by atoms with Crippen molar-refractivity contribution in [1.29, 1.82) is 0 Å². The van der Waals surface area contributed by atoms with Crippen LogP contribution in [-0.2, 0) is 9.53 Å². The average molecular weight is 415 g/mol. The topological polar surface area (TPSA) is 26.3 Å². The molecule has 0 radical (unpaired) electrons. The maximum atomic E-state index is 14.1. The zero-order valence-corrected chi connectivity index (χ0v) is 14.7. The van der Waals surface area contributed by atoms with E-state index in [4.69, 9.17) is 11.6 Å². The Kier molecular flexibility index (Phi) is 6.13. The van der Waals surface area contributed by atoms with Crippen LogP contribution < -0.4 is 0 Å². The number of ether oxygens (including phenoxy) is 1. The van der Waals surface area contributed by atoms with Crippen LogP contribution in [0.25, 0.3) is 11.1 Å². The standard InChI is InChI=1S/C16H9ClF6O2S/c1-5(16(24)25-2)26-9-3-6(8(18)4-7(9)17)10-11(19)13(21)15(23)14(22)12(10)20/h3-5H,1-2H3/t5-/m1/s1. The first-order valence-electron chi connectivity index (χ1n) is 6.85. The number of rotatable bonds is 4. The molecule has 2 aromatic carbocycles. The summed E-state index contributed by atoms with van der Waals surface area (Å²) in [6, 6.07) is 1.46. The summed E-state index contributed by atoms with van der Waals surface area (Å²) < 4.78 is 86.5. The van der Waals surface area contributed by atoms with E-state index in [-0.39, 0.29) is 9.92 Å². The van der Waals surface area contributed by atoms with E-state index in [2.05, 4.69) is 4.74 Å². The molecule has 0 unspecified atom stereocenters. The molecule has 26 heavy (non-hydrogen) atoms. The normalized spacial score (nSPS) is 12.2. The molecular weight excluding hydrogens is 406 g/mol. The Hall–Kier alpha value is -1.87. The number of benzene rings is 2. The molecule has 0 aliphatic rings. The van der Waals surface area contributed by atoms with Gasteiger partial charge in [-0.15, -0.1) is 11.8 Å². The first kappa shape index (κ1) is 20.4. The quantitative estimate of drug-likeness (QED) is 0.217. The van der Waals surface area contributed by atoms with Crippen molar-refractivity contribution in [2.24, 2.45) is 0 Å². The van der Waals surface area contributed by atoms with E-state index >= 15 is 0 Å². The first-order chi connectivity index (χ1) is 12.1.